The Kier molecular flexibility index (Phi) is 5.23. The Balaban J connectivity index is 1.38. The minimum absolute atomic E-state index is 0.204. The van der Waals surface area contributed by atoms with Crippen molar-refractivity contribution in [2.75, 3.05) is 27.3 Å². The minimum atomic E-state index is -1.06. The second kappa shape index (κ2) is 8.10. The molecule has 172 valence electrons. The largest absolute Gasteiger partial charge is 0.497 e. The van der Waals surface area contributed by atoms with Crippen molar-refractivity contribution in [1.82, 2.24) is 15.1 Å². The fourth-order valence-electron chi connectivity index (χ4n) is 5.45. The SMILES string of the molecule is COc1ccc(OC)c(C2CCCN2C(=O)CN2C(=O)NC3(CCc4ccccc43)C2=O)c1. The Morgan fingerprint density at radius 3 is 2.76 bits per heavy atom. The highest BCUT2D eigenvalue weighted by Crippen LogP contribution is 2.42. The Hall–Kier alpha value is -3.55. The van der Waals surface area contributed by atoms with Gasteiger partial charge in [0, 0.05) is 12.1 Å². The van der Waals surface area contributed by atoms with Gasteiger partial charge in [-0.1, -0.05) is 24.3 Å². The number of hydrogen-bond acceptors (Lipinski definition) is 5. The van der Waals surface area contributed by atoms with Crippen LogP contribution in [0.1, 0.15) is 42.0 Å². The summed E-state index contributed by atoms with van der Waals surface area (Å²) in [4.78, 5) is 42.4. The van der Waals surface area contributed by atoms with Crippen LogP contribution in [0.25, 0.3) is 0 Å². The fraction of sp³-hybridized carbons (Fsp3) is 0.400. The molecule has 5 rings (SSSR count). The maximum absolute atomic E-state index is 13.4. The van der Waals surface area contributed by atoms with E-state index in [4.69, 9.17) is 9.47 Å². The van der Waals surface area contributed by atoms with Gasteiger partial charge in [0.25, 0.3) is 5.91 Å². The van der Waals surface area contributed by atoms with E-state index in [0.29, 0.717) is 30.9 Å². The molecular weight excluding hydrogens is 422 g/mol. The number of nitrogens with zero attached hydrogens (tertiary/aromatic N) is 2. The minimum Gasteiger partial charge on any atom is -0.497 e. The van der Waals surface area contributed by atoms with Crippen LogP contribution in [0.3, 0.4) is 0 Å². The molecule has 3 aliphatic rings. The predicted molar refractivity (Wildman–Crippen MR) is 120 cm³/mol. The van der Waals surface area contributed by atoms with Gasteiger partial charge in [-0.05, 0) is 55.0 Å². The molecule has 2 aliphatic heterocycles. The Morgan fingerprint density at radius 1 is 1.15 bits per heavy atom. The zero-order valence-electron chi connectivity index (χ0n) is 18.8. The summed E-state index contributed by atoms with van der Waals surface area (Å²) < 4.78 is 10.9. The summed E-state index contributed by atoms with van der Waals surface area (Å²) in [5.74, 6) is 0.757. The molecule has 2 fully saturated rings. The van der Waals surface area contributed by atoms with Crippen LogP contribution in [0.4, 0.5) is 4.79 Å². The molecule has 2 aromatic carbocycles. The second-order valence-corrected chi connectivity index (χ2v) is 8.74. The molecule has 2 heterocycles. The van der Waals surface area contributed by atoms with Crippen molar-refractivity contribution in [2.24, 2.45) is 0 Å². The summed E-state index contributed by atoms with van der Waals surface area (Å²) in [5.41, 5.74) is 1.69. The molecule has 8 nitrogen and oxygen atoms in total. The van der Waals surface area contributed by atoms with E-state index in [2.05, 4.69) is 5.32 Å². The zero-order valence-corrected chi connectivity index (χ0v) is 18.8. The summed E-state index contributed by atoms with van der Waals surface area (Å²) in [6, 6.07) is 12.5. The molecule has 0 aromatic heterocycles. The molecular formula is C25H27N3O5. The smallest absolute Gasteiger partial charge is 0.325 e. The Morgan fingerprint density at radius 2 is 1.97 bits per heavy atom. The van der Waals surface area contributed by atoms with Crippen molar-refractivity contribution < 1.29 is 23.9 Å². The molecule has 1 aliphatic carbocycles. The first-order valence-electron chi connectivity index (χ1n) is 11.2. The lowest BCUT2D eigenvalue weighted by molar-refractivity contribution is -0.139. The fourth-order valence-corrected chi connectivity index (χ4v) is 5.45. The molecule has 2 aromatic rings. The van der Waals surface area contributed by atoms with Gasteiger partial charge >= 0.3 is 6.03 Å². The predicted octanol–water partition coefficient (Wildman–Crippen LogP) is 2.76. The monoisotopic (exact) mass is 449 g/mol. The van der Waals surface area contributed by atoms with E-state index < -0.39 is 11.6 Å². The number of nitrogens with one attached hydrogen (secondary N) is 1. The van der Waals surface area contributed by atoms with Gasteiger partial charge in [0.1, 0.15) is 23.6 Å². The number of methoxy groups -OCH3 is 2. The number of rotatable bonds is 5. The molecule has 8 heteroatoms. The Bertz CT molecular complexity index is 1130. The van der Waals surface area contributed by atoms with Gasteiger partial charge in [0.15, 0.2) is 0 Å². The van der Waals surface area contributed by atoms with E-state index in [-0.39, 0.29) is 24.4 Å². The number of amides is 4. The third kappa shape index (κ3) is 3.32. The van der Waals surface area contributed by atoms with Crippen molar-refractivity contribution >= 4 is 17.8 Å². The number of imide groups is 1. The molecule has 1 N–H and O–H groups in total. The van der Waals surface area contributed by atoms with E-state index in [1.807, 2.05) is 42.5 Å². The third-order valence-electron chi connectivity index (χ3n) is 7.08. The number of carbonyl (C=O) groups is 3. The van der Waals surface area contributed by atoms with Crippen LogP contribution in [0.2, 0.25) is 0 Å². The van der Waals surface area contributed by atoms with Crippen LogP contribution in [0, 0.1) is 0 Å². The number of benzene rings is 2. The number of urea groups is 1. The van der Waals surface area contributed by atoms with Gasteiger partial charge in [0.2, 0.25) is 5.91 Å². The number of hydrogen-bond donors (Lipinski definition) is 1. The zero-order chi connectivity index (χ0) is 23.2. The molecule has 0 saturated carbocycles. The number of aryl methyl sites for hydroxylation is 1. The number of carbonyl (C=O) groups excluding carboxylic acids is 3. The highest BCUT2D eigenvalue weighted by Gasteiger charge is 2.55. The van der Waals surface area contributed by atoms with Gasteiger partial charge in [0.05, 0.1) is 20.3 Å². The maximum atomic E-state index is 13.4. The number of likely N-dealkylation sites (tertiary alicyclic amines) is 1. The molecule has 2 saturated heterocycles. The normalized spacial score (nSPS) is 23.8. The Labute approximate surface area is 192 Å². The first kappa shape index (κ1) is 21.3. The van der Waals surface area contributed by atoms with Crippen molar-refractivity contribution in [3.63, 3.8) is 0 Å². The van der Waals surface area contributed by atoms with Crippen molar-refractivity contribution in [2.45, 2.75) is 37.3 Å². The third-order valence-corrected chi connectivity index (χ3v) is 7.08. The lowest BCUT2D eigenvalue weighted by Gasteiger charge is -2.28. The first-order chi connectivity index (χ1) is 16.0. The number of ether oxygens (including phenoxy) is 2. The highest BCUT2D eigenvalue weighted by molar-refractivity contribution is 6.10. The first-order valence-corrected chi connectivity index (χ1v) is 11.2. The molecule has 2 unspecified atom stereocenters. The van der Waals surface area contributed by atoms with Gasteiger partial charge in [-0.15, -0.1) is 0 Å². The maximum Gasteiger partial charge on any atom is 0.325 e. The summed E-state index contributed by atoms with van der Waals surface area (Å²) in [5, 5.41) is 2.89. The summed E-state index contributed by atoms with van der Waals surface area (Å²) in [6.07, 6.45) is 2.82. The molecule has 0 bridgehead atoms. The molecule has 1 spiro atoms. The van der Waals surface area contributed by atoms with Crippen molar-refractivity contribution in [1.29, 1.82) is 0 Å². The van der Waals surface area contributed by atoms with E-state index in [0.717, 1.165) is 34.4 Å². The lowest BCUT2D eigenvalue weighted by Crippen LogP contribution is -2.44. The van der Waals surface area contributed by atoms with Crippen LogP contribution in [0.5, 0.6) is 11.5 Å². The standard InChI is InChI=1S/C25H27N3O5/c1-32-17-9-10-21(33-2)18(14-17)20-8-5-13-27(20)22(29)15-28-23(30)25(26-24(28)31)12-11-16-6-3-4-7-19(16)25/h3-4,6-7,9-10,14,20H,5,8,11-13,15H2,1-2H3,(H,26,31). The summed E-state index contributed by atoms with van der Waals surface area (Å²) in [6.45, 7) is 0.277. The van der Waals surface area contributed by atoms with E-state index in [1.54, 1.807) is 19.1 Å². The average Bonchev–Trinajstić information content (AvgIpc) is 3.53. The van der Waals surface area contributed by atoms with Crippen LogP contribution in [-0.4, -0.2) is 55.0 Å². The van der Waals surface area contributed by atoms with Crippen LogP contribution in [0.15, 0.2) is 42.5 Å². The van der Waals surface area contributed by atoms with E-state index in [1.165, 1.54) is 0 Å². The van der Waals surface area contributed by atoms with Crippen LogP contribution >= 0.6 is 0 Å². The van der Waals surface area contributed by atoms with Gasteiger partial charge in [-0.3, -0.25) is 14.5 Å². The topological polar surface area (TPSA) is 88.2 Å². The van der Waals surface area contributed by atoms with Gasteiger partial charge in [-0.25, -0.2) is 4.79 Å². The van der Waals surface area contributed by atoms with Gasteiger partial charge < -0.3 is 19.7 Å². The second-order valence-electron chi connectivity index (χ2n) is 8.74. The van der Waals surface area contributed by atoms with E-state index in [9.17, 15) is 14.4 Å². The quantitative estimate of drug-likeness (QED) is 0.710. The molecule has 33 heavy (non-hydrogen) atoms. The van der Waals surface area contributed by atoms with Crippen LogP contribution in [-0.2, 0) is 21.5 Å². The number of fused-ring (bicyclic) bond motifs is 2. The van der Waals surface area contributed by atoms with Crippen molar-refractivity contribution in [3.8, 4) is 11.5 Å². The molecule has 2 atom stereocenters. The molecule has 0 radical (unpaired) electrons. The van der Waals surface area contributed by atoms with E-state index >= 15 is 0 Å². The summed E-state index contributed by atoms with van der Waals surface area (Å²) in [7, 11) is 3.19. The van der Waals surface area contributed by atoms with Gasteiger partial charge in [-0.2, -0.15) is 0 Å². The molecule has 4 amide bonds. The summed E-state index contributed by atoms with van der Waals surface area (Å²) >= 11 is 0. The van der Waals surface area contributed by atoms with Crippen molar-refractivity contribution in [3.05, 3.63) is 59.2 Å². The average molecular weight is 450 g/mol. The lowest BCUT2D eigenvalue weighted by atomic mass is 9.92. The highest BCUT2D eigenvalue weighted by atomic mass is 16.5. The van der Waals surface area contributed by atoms with Crippen LogP contribution < -0.4 is 14.8 Å².